The highest BCUT2D eigenvalue weighted by Crippen LogP contribution is 2.32. The lowest BCUT2D eigenvalue weighted by atomic mass is 10.2. The normalized spacial score (nSPS) is 14.1. The third-order valence-electron chi connectivity index (χ3n) is 3.57. The molecule has 1 N–H and O–H groups in total. The molecule has 0 saturated heterocycles. The van der Waals surface area contributed by atoms with Gasteiger partial charge in [-0.2, -0.15) is 0 Å². The Labute approximate surface area is 143 Å². The summed E-state index contributed by atoms with van der Waals surface area (Å²) >= 11 is 6.22. The molecule has 0 atom stereocenters. The number of hydrogen-bond acceptors (Lipinski definition) is 3. The van der Waals surface area contributed by atoms with Crippen molar-refractivity contribution < 1.29 is 14.3 Å². The molecule has 128 valence electrons. The van der Waals surface area contributed by atoms with E-state index in [1.54, 1.807) is 0 Å². The maximum atomic E-state index is 11.6. The van der Waals surface area contributed by atoms with Crippen molar-refractivity contribution in [3.05, 3.63) is 28.8 Å². The van der Waals surface area contributed by atoms with E-state index >= 15 is 0 Å². The standard InChI is InChI=1S/C18H26ClNO3/c1-13(2)11-22-12-15-5-6-17(16(19)9-15)23-8-7-20-18(21)10-14-3-4-14/h5-6,9,13-14H,3-4,7-8,10-12H2,1-2H3,(H,20,21). The molecule has 0 unspecified atom stereocenters. The Morgan fingerprint density at radius 2 is 2.17 bits per heavy atom. The number of benzene rings is 1. The number of amides is 1. The average molecular weight is 340 g/mol. The molecule has 1 amide bonds. The fourth-order valence-corrected chi connectivity index (χ4v) is 2.43. The smallest absolute Gasteiger partial charge is 0.220 e. The molecule has 1 aliphatic carbocycles. The summed E-state index contributed by atoms with van der Waals surface area (Å²) in [6.07, 6.45) is 3.02. The van der Waals surface area contributed by atoms with Gasteiger partial charge in [-0.15, -0.1) is 0 Å². The van der Waals surface area contributed by atoms with Crippen molar-refractivity contribution in [2.24, 2.45) is 11.8 Å². The SMILES string of the molecule is CC(C)COCc1ccc(OCCNC(=O)CC2CC2)c(Cl)c1. The van der Waals surface area contributed by atoms with Gasteiger partial charge in [0.25, 0.3) is 0 Å². The third-order valence-corrected chi connectivity index (χ3v) is 3.86. The lowest BCUT2D eigenvalue weighted by molar-refractivity contribution is -0.121. The minimum absolute atomic E-state index is 0.111. The molecule has 5 heteroatoms. The molecule has 1 aromatic carbocycles. The number of carbonyl (C=O) groups is 1. The van der Waals surface area contributed by atoms with Gasteiger partial charge in [0, 0.05) is 13.0 Å². The first-order valence-electron chi connectivity index (χ1n) is 8.30. The maximum absolute atomic E-state index is 11.6. The Hall–Kier alpha value is -1.26. The quantitative estimate of drug-likeness (QED) is 0.659. The molecular weight excluding hydrogens is 314 g/mol. The highest BCUT2D eigenvalue weighted by Gasteiger charge is 2.23. The van der Waals surface area contributed by atoms with E-state index in [2.05, 4.69) is 19.2 Å². The molecule has 0 aromatic heterocycles. The van der Waals surface area contributed by atoms with Crippen LogP contribution in [0.2, 0.25) is 5.02 Å². The molecule has 1 fully saturated rings. The van der Waals surface area contributed by atoms with Gasteiger partial charge in [-0.3, -0.25) is 4.79 Å². The first-order valence-corrected chi connectivity index (χ1v) is 8.68. The van der Waals surface area contributed by atoms with Gasteiger partial charge in [0.05, 0.1) is 18.2 Å². The molecule has 0 heterocycles. The van der Waals surface area contributed by atoms with Gasteiger partial charge >= 0.3 is 0 Å². The Bertz CT molecular complexity index is 515. The Morgan fingerprint density at radius 1 is 1.39 bits per heavy atom. The third kappa shape index (κ3) is 7.23. The van der Waals surface area contributed by atoms with Crippen LogP contribution in [0.4, 0.5) is 0 Å². The van der Waals surface area contributed by atoms with Crippen molar-refractivity contribution in [2.75, 3.05) is 19.8 Å². The van der Waals surface area contributed by atoms with Crippen LogP contribution in [-0.4, -0.2) is 25.7 Å². The van der Waals surface area contributed by atoms with Crippen LogP contribution in [0.25, 0.3) is 0 Å². The van der Waals surface area contributed by atoms with E-state index < -0.39 is 0 Å². The van der Waals surface area contributed by atoms with Crippen LogP contribution in [0.1, 0.15) is 38.7 Å². The molecular formula is C18H26ClNO3. The summed E-state index contributed by atoms with van der Waals surface area (Å²) in [6, 6.07) is 5.67. The van der Waals surface area contributed by atoms with Gasteiger partial charge in [-0.1, -0.05) is 31.5 Å². The number of halogens is 1. The predicted molar refractivity (Wildman–Crippen MR) is 91.8 cm³/mol. The summed E-state index contributed by atoms with van der Waals surface area (Å²) in [5.74, 6) is 1.87. The molecule has 0 spiro atoms. The second kappa shape index (κ2) is 9.14. The van der Waals surface area contributed by atoms with Crippen LogP contribution in [0.15, 0.2) is 18.2 Å². The second-order valence-electron chi connectivity index (χ2n) is 6.52. The molecule has 2 rings (SSSR count). The number of rotatable bonds is 10. The van der Waals surface area contributed by atoms with Crippen LogP contribution in [0, 0.1) is 11.8 Å². The van der Waals surface area contributed by atoms with Gasteiger partial charge in [0.15, 0.2) is 0 Å². The van der Waals surface area contributed by atoms with Crippen molar-refractivity contribution in [3.8, 4) is 5.75 Å². The zero-order chi connectivity index (χ0) is 16.7. The van der Waals surface area contributed by atoms with Gasteiger partial charge < -0.3 is 14.8 Å². The van der Waals surface area contributed by atoms with Gasteiger partial charge in [0.1, 0.15) is 12.4 Å². The fraction of sp³-hybridized carbons (Fsp3) is 0.611. The summed E-state index contributed by atoms with van der Waals surface area (Å²) in [5, 5.41) is 3.44. The Kier molecular flexibility index (Phi) is 7.18. The van der Waals surface area contributed by atoms with Crippen LogP contribution >= 0.6 is 11.6 Å². The van der Waals surface area contributed by atoms with E-state index in [1.807, 2.05) is 18.2 Å². The Balaban J connectivity index is 1.67. The van der Waals surface area contributed by atoms with Crippen molar-refractivity contribution in [3.63, 3.8) is 0 Å². The lowest BCUT2D eigenvalue weighted by Crippen LogP contribution is -2.28. The van der Waals surface area contributed by atoms with Gasteiger partial charge in [-0.05, 0) is 42.4 Å². The summed E-state index contributed by atoms with van der Waals surface area (Å²) in [7, 11) is 0. The number of carbonyl (C=O) groups excluding carboxylic acids is 1. The highest BCUT2D eigenvalue weighted by molar-refractivity contribution is 6.32. The van der Waals surface area contributed by atoms with E-state index in [0.29, 0.717) is 48.8 Å². The maximum Gasteiger partial charge on any atom is 0.220 e. The minimum Gasteiger partial charge on any atom is -0.490 e. The molecule has 0 bridgehead atoms. The second-order valence-corrected chi connectivity index (χ2v) is 6.93. The predicted octanol–water partition coefficient (Wildman–Crippen LogP) is 3.81. The molecule has 4 nitrogen and oxygen atoms in total. The van der Waals surface area contributed by atoms with Gasteiger partial charge in [-0.25, -0.2) is 0 Å². The first-order chi connectivity index (χ1) is 11.0. The van der Waals surface area contributed by atoms with E-state index in [9.17, 15) is 4.79 Å². The topological polar surface area (TPSA) is 47.6 Å². The summed E-state index contributed by atoms with van der Waals surface area (Å²) in [6.45, 7) is 6.44. The zero-order valence-electron chi connectivity index (χ0n) is 13.9. The largest absolute Gasteiger partial charge is 0.490 e. The van der Waals surface area contributed by atoms with E-state index in [0.717, 1.165) is 12.2 Å². The van der Waals surface area contributed by atoms with Crippen molar-refractivity contribution in [2.45, 2.75) is 39.7 Å². The highest BCUT2D eigenvalue weighted by atomic mass is 35.5. The summed E-state index contributed by atoms with van der Waals surface area (Å²) in [5.41, 5.74) is 1.03. The average Bonchev–Trinajstić information content (AvgIpc) is 3.29. The van der Waals surface area contributed by atoms with Crippen molar-refractivity contribution in [1.29, 1.82) is 0 Å². The van der Waals surface area contributed by atoms with Crippen molar-refractivity contribution >= 4 is 17.5 Å². The van der Waals surface area contributed by atoms with Gasteiger partial charge in [0.2, 0.25) is 5.91 Å². The summed E-state index contributed by atoms with van der Waals surface area (Å²) < 4.78 is 11.2. The lowest BCUT2D eigenvalue weighted by Gasteiger charge is -2.11. The van der Waals surface area contributed by atoms with Crippen molar-refractivity contribution in [1.82, 2.24) is 5.32 Å². The van der Waals surface area contributed by atoms with Crippen LogP contribution in [-0.2, 0) is 16.1 Å². The first kappa shape index (κ1) is 18.1. The number of hydrogen-bond donors (Lipinski definition) is 1. The van der Waals surface area contributed by atoms with E-state index in [4.69, 9.17) is 21.1 Å². The Morgan fingerprint density at radius 3 is 2.83 bits per heavy atom. The fourth-order valence-electron chi connectivity index (χ4n) is 2.17. The molecule has 0 aliphatic heterocycles. The molecule has 1 aromatic rings. The van der Waals surface area contributed by atoms with Crippen LogP contribution in [0.5, 0.6) is 5.75 Å². The zero-order valence-corrected chi connectivity index (χ0v) is 14.7. The minimum atomic E-state index is 0.111. The monoisotopic (exact) mass is 339 g/mol. The van der Waals surface area contributed by atoms with E-state index in [1.165, 1.54) is 12.8 Å². The molecule has 1 saturated carbocycles. The molecule has 23 heavy (non-hydrogen) atoms. The molecule has 0 radical (unpaired) electrons. The van der Waals surface area contributed by atoms with E-state index in [-0.39, 0.29) is 5.91 Å². The number of ether oxygens (including phenoxy) is 2. The number of nitrogens with one attached hydrogen (secondary N) is 1. The summed E-state index contributed by atoms with van der Waals surface area (Å²) in [4.78, 5) is 11.6. The molecule has 1 aliphatic rings. The van der Waals surface area contributed by atoms with Crippen LogP contribution in [0.3, 0.4) is 0 Å². The van der Waals surface area contributed by atoms with Crippen LogP contribution < -0.4 is 10.1 Å².